The molecule has 1 N–H and O–H groups in total. The van der Waals surface area contributed by atoms with Gasteiger partial charge in [0, 0.05) is 24.4 Å². The Morgan fingerprint density at radius 2 is 2.22 bits per heavy atom. The molecule has 1 aliphatic rings. The molecule has 0 aliphatic carbocycles. The Morgan fingerprint density at radius 1 is 1.44 bits per heavy atom. The van der Waals surface area contributed by atoms with Gasteiger partial charge < -0.3 is 14.8 Å². The van der Waals surface area contributed by atoms with E-state index in [1.54, 1.807) is 7.11 Å². The molecule has 0 aromatic carbocycles. The highest BCUT2D eigenvalue weighted by molar-refractivity contribution is 5.32. The average molecular weight is 251 g/mol. The fraction of sp³-hybridized carbons (Fsp3) is 0.692. The number of aryl methyl sites for hydroxylation is 1. The summed E-state index contributed by atoms with van der Waals surface area (Å²) in [6.07, 6.45) is 1.93. The zero-order chi connectivity index (χ0) is 13.2. The molecule has 1 saturated heterocycles. The van der Waals surface area contributed by atoms with E-state index < -0.39 is 0 Å². The Kier molecular flexibility index (Phi) is 3.71. The van der Waals surface area contributed by atoms with E-state index in [2.05, 4.69) is 29.1 Å². The van der Waals surface area contributed by atoms with Crippen molar-refractivity contribution in [1.29, 1.82) is 0 Å². The van der Waals surface area contributed by atoms with Gasteiger partial charge in [-0.1, -0.05) is 0 Å². The van der Waals surface area contributed by atoms with Crippen LogP contribution in [-0.2, 0) is 4.74 Å². The van der Waals surface area contributed by atoms with E-state index in [0.29, 0.717) is 17.9 Å². The zero-order valence-corrected chi connectivity index (χ0v) is 11.5. The molecule has 0 radical (unpaired) electrons. The summed E-state index contributed by atoms with van der Waals surface area (Å²) >= 11 is 0. The maximum Gasteiger partial charge on any atom is 0.226 e. The van der Waals surface area contributed by atoms with Crippen LogP contribution in [0.2, 0.25) is 0 Å². The normalized spacial score (nSPS) is 22.6. The number of nitrogens with one attached hydrogen (secondary N) is 1. The lowest BCUT2D eigenvalue weighted by Crippen LogP contribution is -2.40. The van der Waals surface area contributed by atoms with Crippen molar-refractivity contribution in [2.24, 2.45) is 0 Å². The Bertz CT molecular complexity index is 421. The summed E-state index contributed by atoms with van der Waals surface area (Å²) in [5.74, 6) is 1.23. The van der Waals surface area contributed by atoms with Gasteiger partial charge in [-0.15, -0.1) is 0 Å². The first-order chi connectivity index (χ1) is 8.48. The predicted octanol–water partition coefficient (Wildman–Crippen LogP) is 2.16. The number of hydrogen-bond donors (Lipinski definition) is 1. The highest BCUT2D eigenvalue weighted by atomic mass is 16.5. The van der Waals surface area contributed by atoms with Crippen LogP contribution >= 0.6 is 0 Å². The van der Waals surface area contributed by atoms with E-state index in [0.717, 1.165) is 25.1 Å². The summed E-state index contributed by atoms with van der Waals surface area (Å²) < 4.78 is 10.8. The van der Waals surface area contributed by atoms with Gasteiger partial charge in [-0.25, -0.2) is 4.98 Å². The van der Waals surface area contributed by atoms with Crippen LogP contribution in [0, 0.1) is 6.92 Å². The van der Waals surface area contributed by atoms with Gasteiger partial charge in [0.05, 0.1) is 12.7 Å². The van der Waals surface area contributed by atoms with Crippen LogP contribution in [0.5, 0.6) is 5.88 Å². The van der Waals surface area contributed by atoms with Gasteiger partial charge in [0.2, 0.25) is 11.8 Å². The highest BCUT2D eigenvalue weighted by Gasteiger charge is 2.29. The maximum absolute atomic E-state index is 5.70. The number of methoxy groups -OCH3 is 1. The molecule has 5 heteroatoms. The van der Waals surface area contributed by atoms with E-state index in [4.69, 9.17) is 9.47 Å². The minimum Gasteiger partial charge on any atom is -0.481 e. The molecule has 18 heavy (non-hydrogen) atoms. The molecule has 1 aromatic heterocycles. The first kappa shape index (κ1) is 13.1. The molecule has 1 unspecified atom stereocenters. The summed E-state index contributed by atoms with van der Waals surface area (Å²) in [6, 6.07) is 2.17. The summed E-state index contributed by atoms with van der Waals surface area (Å²) in [5.41, 5.74) is 0.819. The van der Waals surface area contributed by atoms with Crippen molar-refractivity contribution in [2.75, 3.05) is 19.0 Å². The lowest BCUT2D eigenvalue weighted by Gasteiger charge is -2.35. The molecule has 1 aliphatic heterocycles. The van der Waals surface area contributed by atoms with Crippen LogP contribution in [0.15, 0.2) is 6.07 Å². The minimum atomic E-state index is -0.0795. The van der Waals surface area contributed by atoms with Gasteiger partial charge in [0.1, 0.15) is 0 Å². The SMILES string of the molecule is COc1cc(C)nc(NC2CCOC(C)(C)C2)n1. The molecule has 2 heterocycles. The van der Waals surface area contributed by atoms with E-state index in [9.17, 15) is 0 Å². The smallest absolute Gasteiger partial charge is 0.226 e. The van der Waals surface area contributed by atoms with Gasteiger partial charge in [-0.2, -0.15) is 4.98 Å². The summed E-state index contributed by atoms with van der Waals surface area (Å²) in [4.78, 5) is 8.69. The largest absolute Gasteiger partial charge is 0.481 e. The van der Waals surface area contributed by atoms with E-state index in [1.807, 2.05) is 13.0 Å². The monoisotopic (exact) mass is 251 g/mol. The predicted molar refractivity (Wildman–Crippen MR) is 70.0 cm³/mol. The minimum absolute atomic E-state index is 0.0795. The van der Waals surface area contributed by atoms with Crippen LogP contribution in [0.4, 0.5) is 5.95 Å². The van der Waals surface area contributed by atoms with Crippen molar-refractivity contribution in [1.82, 2.24) is 9.97 Å². The second-order valence-electron chi connectivity index (χ2n) is 5.32. The summed E-state index contributed by atoms with van der Waals surface area (Å²) in [7, 11) is 1.61. The Labute approximate surface area is 108 Å². The average Bonchev–Trinajstić information content (AvgIpc) is 2.26. The molecular formula is C13H21N3O2. The second kappa shape index (κ2) is 5.10. The van der Waals surface area contributed by atoms with Crippen LogP contribution in [0.1, 0.15) is 32.4 Å². The Hall–Kier alpha value is -1.36. The number of hydrogen-bond acceptors (Lipinski definition) is 5. The topological polar surface area (TPSA) is 56.3 Å². The van der Waals surface area contributed by atoms with Crippen molar-refractivity contribution in [3.8, 4) is 5.88 Å². The third-order valence-corrected chi connectivity index (χ3v) is 3.07. The van der Waals surface area contributed by atoms with Crippen LogP contribution in [-0.4, -0.2) is 35.3 Å². The van der Waals surface area contributed by atoms with Gasteiger partial charge in [-0.3, -0.25) is 0 Å². The Balaban J connectivity index is 2.07. The lowest BCUT2D eigenvalue weighted by molar-refractivity contribution is -0.0554. The molecule has 100 valence electrons. The number of anilines is 1. The van der Waals surface area contributed by atoms with Crippen LogP contribution in [0.25, 0.3) is 0 Å². The summed E-state index contributed by atoms with van der Waals surface area (Å²) in [6.45, 7) is 6.92. The van der Waals surface area contributed by atoms with Crippen molar-refractivity contribution in [2.45, 2.75) is 45.3 Å². The number of aromatic nitrogens is 2. The standard InChI is InChI=1S/C13H21N3O2/c1-9-7-11(17-4)16-12(14-9)15-10-5-6-18-13(2,3)8-10/h7,10H,5-6,8H2,1-4H3,(H,14,15,16). The third-order valence-electron chi connectivity index (χ3n) is 3.07. The zero-order valence-electron chi connectivity index (χ0n) is 11.5. The molecule has 1 fully saturated rings. The summed E-state index contributed by atoms with van der Waals surface area (Å²) in [5, 5.41) is 3.37. The first-order valence-corrected chi connectivity index (χ1v) is 6.29. The van der Waals surface area contributed by atoms with Crippen molar-refractivity contribution >= 4 is 5.95 Å². The lowest BCUT2D eigenvalue weighted by atomic mass is 9.94. The maximum atomic E-state index is 5.70. The molecule has 2 rings (SSSR count). The molecule has 1 aromatic rings. The van der Waals surface area contributed by atoms with Crippen LogP contribution < -0.4 is 10.1 Å². The Morgan fingerprint density at radius 3 is 2.89 bits per heavy atom. The molecule has 0 saturated carbocycles. The number of nitrogens with zero attached hydrogens (tertiary/aromatic N) is 2. The number of ether oxygens (including phenoxy) is 2. The fourth-order valence-corrected chi connectivity index (χ4v) is 2.25. The van der Waals surface area contributed by atoms with Crippen molar-refractivity contribution < 1.29 is 9.47 Å². The van der Waals surface area contributed by atoms with Crippen LogP contribution in [0.3, 0.4) is 0 Å². The van der Waals surface area contributed by atoms with E-state index >= 15 is 0 Å². The molecule has 0 spiro atoms. The molecule has 0 amide bonds. The second-order valence-corrected chi connectivity index (χ2v) is 5.32. The van der Waals surface area contributed by atoms with Gasteiger partial charge in [-0.05, 0) is 33.6 Å². The molecular weight excluding hydrogens is 230 g/mol. The number of rotatable bonds is 3. The van der Waals surface area contributed by atoms with Crippen molar-refractivity contribution in [3.05, 3.63) is 11.8 Å². The molecule has 1 atom stereocenters. The van der Waals surface area contributed by atoms with Gasteiger partial charge >= 0.3 is 0 Å². The van der Waals surface area contributed by atoms with E-state index in [1.165, 1.54) is 0 Å². The molecule has 0 bridgehead atoms. The fourth-order valence-electron chi connectivity index (χ4n) is 2.25. The van der Waals surface area contributed by atoms with E-state index in [-0.39, 0.29) is 5.60 Å². The van der Waals surface area contributed by atoms with Gasteiger partial charge in [0.25, 0.3) is 0 Å². The molecule has 5 nitrogen and oxygen atoms in total. The van der Waals surface area contributed by atoms with Gasteiger partial charge in [0.15, 0.2) is 0 Å². The highest BCUT2D eigenvalue weighted by Crippen LogP contribution is 2.26. The first-order valence-electron chi connectivity index (χ1n) is 6.29. The quantitative estimate of drug-likeness (QED) is 0.892. The third kappa shape index (κ3) is 3.32. The van der Waals surface area contributed by atoms with Crippen molar-refractivity contribution in [3.63, 3.8) is 0 Å².